The van der Waals surface area contributed by atoms with Gasteiger partial charge in [0.15, 0.2) is 22.9 Å². The van der Waals surface area contributed by atoms with Gasteiger partial charge in [-0.1, -0.05) is 46.7 Å². The first kappa shape index (κ1) is 27.9. The number of rotatable bonds is 6. The number of hydrogen-bond acceptors (Lipinski definition) is 10. The molecular weight excluding hydrogens is 567 g/mol. The Morgan fingerprint density at radius 3 is 1.26 bits per heavy atom. The lowest BCUT2D eigenvalue weighted by molar-refractivity contribution is -1.03. The first-order valence-electron chi connectivity index (χ1n) is 12.7. The molecule has 0 saturated carbocycles. The molecule has 10 nitrogen and oxygen atoms in total. The Labute approximate surface area is 241 Å². The van der Waals surface area contributed by atoms with Crippen molar-refractivity contribution in [2.45, 2.75) is 10.3 Å². The maximum absolute atomic E-state index is 11.7. The third kappa shape index (κ3) is 5.35. The van der Waals surface area contributed by atoms with Crippen LogP contribution >= 0.6 is 46.7 Å². The highest BCUT2D eigenvalue weighted by atomic mass is 35.5. The number of thioether (sulfide) groups is 2. The van der Waals surface area contributed by atoms with Crippen molar-refractivity contribution in [1.82, 2.24) is 19.9 Å². The molecule has 0 amide bonds. The summed E-state index contributed by atoms with van der Waals surface area (Å²) in [7, 11) is 0. The molecule has 2 spiro atoms. The fourth-order valence-corrected chi connectivity index (χ4v) is 7.10. The summed E-state index contributed by atoms with van der Waals surface area (Å²) in [4.78, 5) is 45.5. The molecule has 0 aromatic carbocycles. The van der Waals surface area contributed by atoms with Gasteiger partial charge >= 0.3 is 0 Å². The Kier molecular flexibility index (Phi) is 8.37. The van der Waals surface area contributed by atoms with E-state index in [1.807, 2.05) is 12.5 Å². The predicted molar refractivity (Wildman–Crippen MR) is 152 cm³/mol. The van der Waals surface area contributed by atoms with Gasteiger partial charge in [-0.15, -0.1) is 0 Å². The van der Waals surface area contributed by atoms with Crippen molar-refractivity contribution < 1.29 is 18.6 Å². The SMILES string of the molecule is CSc1nc(Cl)c(C=O)c(N2CC[N+]3(CC2)CC[N+]2(CCN(c4nc(SC)nc(Cl)c4C=O)CC2)CC3)n1. The Balaban J connectivity index is 1.21. The van der Waals surface area contributed by atoms with Crippen LogP contribution < -0.4 is 9.80 Å². The van der Waals surface area contributed by atoms with Crippen LogP contribution in [0.2, 0.25) is 10.3 Å². The smallest absolute Gasteiger partial charge is 0.190 e. The van der Waals surface area contributed by atoms with Crippen LogP contribution in [0.25, 0.3) is 0 Å². The van der Waals surface area contributed by atoms with E-state index in [9.17, 15) is 9.59 Å². The summed E-state index contributed by atoms with van der Waals surface area (Å²) in [5, 5.41) is 1.62. The molecule has 3 fully saturated rings. The van der Waals surface area contributed by atoms with E-state index in [1.54, 1.807) is 0 Å². The number of hydrogen-bond donors (Lipinski definition) is 0. The fraction of sp³-hybridized carbons (Fsp3) is 0.583. The monoisotopic (exact) mass is 598 g/mol. The van der Waals surface area contributed by atoms with Crippen LogP contribution in [-0.4, -0.2) is 133 Å². The normalized spacial score (nSPS) is 20.6. The number of piperazine rings is 3. The molecule has 0 atom stereocenters. The van der Waals surface area contributed by atoms with Crippen molar-refractivity contribution in [2.24, 2.45) is 0 Å². The van der Waals surface area contributed by atoms with E-state index in [0.717, 1.165) is 100 Å². The van der Waals surface area contributed by atoms with Crippen molar-refractivity contribution in [2.75, 3.05) is 101 Å². The van der Waals surface area contributed by atoms with Gasteiger partial charge < -0.3 is 18.8 Å². The number of nitrogens with zero attached hydrogens (tertiary/aromatic N) is 8. The second kappa shape index (κ2) is 11.4. The standard InChI is InChI=1S/C24H32Cl2N8O2S2/c1-37-23-27-19(25)17(15-35)21(29-23)31-3-7-33(8-4-31)11-13-34(14-12-33)9-5-32(6-10-34)22-18(16-36)20(26)28-24(30-22)38-2/h15-16H,3-14H2,1-2H3/q+2. The molecule has 2 aromatic rings. The average molecular weight is 600 g/mol. The molecule has 2 aromatic heterocycles. The zero-order valence-electron chi connectivity index (χ0n) is 21.6. The molecule has 0 radical (unpaired) electrons. The molecule has 5 heterocycles. The lowest BCUT2D eigenvalue weighted by Gasteiger charge is -2.54. The Morgan fingerprint density at radius 2 is 0.974 bits per heavy atom. The molecule has 3 saturated heterocycles. The molecule has 14 heteroatoms. The third-order valence-electron chi connectivity index (χ3n) is 8.39. The summed E-state index contributed by atoms with van der Waals surface area (Å²) >= 11 is 15.4. The van der Waals surface area contributed by atoms with Gasteiger partial charge in [-0.2, -0.15) is 0 Å². The molecule has 0 aliphatic carbocycles. The highest BCUT2D eigenvalue weighted by molar-refractivity contribution is 7.98. The van der Waals surface area contributed by atoms with Gasteiger partial charge in [0.2, 0.25) is 0 Å². The molecule has 0 bridgehead atoms. The van der Waals surface area contributed by atoms with Crippen LogP contribution in [0.15, 0.2) is 10.3 Å². The third-order valence-corrected chi connectivity index (χ3v) is 10.1. The van der Waals surface area contributed by atoms with E-state index >= 15 is 0 Å². The summed E-state index contributed by atoms with van der Waals surface area (Å²) in [5.74, 6) is 1.31. The summed E-state index contributed by atoms with van der Waals surface area (Å²) in [5.41, 5.74) is 0.762. The minimum Gasteiger partial charge on any atom is -0.345 e. The quantitative estimate of drug-likeness (QED) is 0.162. The zero-order valence-corrected chi connectivity index (χ0v) is 24.8. The molecule has 3 aliphatic heterocycles. The van der Waals surface area contributed by atoms with E-state index in [-0.39, 0.29) is 10.3 Å². The van der Waals surface area contributed by atoms with Gasteiger partial charge in [-0.25, -0.2) is 19.9 Å². The maximum Gasteiger partial charge on any atom is 0.190 e. The highest BCUT2D eigenvalue weighted by Gasteiger charge is 2.45. The number of carbonyl (C=O) groups excluding carboxylic acids is 2. The van der Waals surface area contributed by atoms with E-state index in [4.69, 9.17) is 23.2 Å². The van der Waals surface area contributed by atoms with Gasteiger partial charge in [-0.3, -0.25) is 9.59 Å². The van der Waals surface area contributed by atoms with Gasteiger partial charge in [0.25, 0.3) is 0 Å². The van der Waals surface area contributed by atoms with Crippen molar-refractivity contribution in [1.29, 1.82) is 0 Å². The number of aldehydes is 2. The van der Waals surface area contributed by atoms with Gasteiger partial charge in [0.05, 0.1) is 63.5 Å². The first-order valence-corrected chi connectivity index (χ1v) is 15.9. The minimum atomic E-state index is 0.224. The molecule has 5 rings (SSSR count). The summed E-state index contributed by atoms with van der Waals surface area (Å²) in [6.07, 6.45) is 5.35. The van der Waals surface area contributed by atoms with Gasteiger partial charge in [0.1, 0.15) is 48.1 Å². The molecule has 38 heavy (non-hydrogen) atoms. The van der Waals surface area contributed by atoms with Crippen LogP contribution in [-0.2, 0) is 0 Å². The van der Waals surface area contributed by atoms with Crippen molar-refractivity contribution in [3.63, 3.8) is 0 Å². The lowest BCUT2D eigenvalue weighted by atomic mass is 10.1. The second-order valence-corrected chi connectivity index (χ2v) is 12.4. The summed E-state index contributed by atoms with van der Waals surface area (Å²) in [6.45, 7) is 12.1. The topological polar surface area (TPSA) is 92.2 Å². The van der Waals surface area contributed by atoms with Gasteiger partial charge in [-0.05, 0) is 12.5 Å². The molecule has 0 unspecified atom stereocenters. The average Bonchev–Trinajstić information content (AvgIpc) is 2.95. The minimum absolute atomic E-state index is 0.224. The summed E-state index contributed by atoms with van der Waals surface area (Å²) in [6, 6.07) is 0. The van der Waals surface area contributed by atoms with Gasteiger partial charge in [0, 0.05) is 0 Å². The number of halogens is 2. The zero-order chi connectivity index (χ0) is 26.9. The fourth-order valence-electron chi connectivity index (χ4n) is 5.86. The molecule has 204 valence electrons. The molecule has 0 N–H and O–H groups in total. The van der Waals surface area contributed by atoms with Crippen molar-refractivity contribution in [3.05, 3.63) is 21.4 Å². The van der Waals surface area contributed by atoms with Crippen molar-refractivity contribution >= 4 is 70.9 Å². The Hall–Kier alpha value is -1.70. The molecule has 3 aliphatic rings. The first-order chi connectivity index (χ1) is 18.3. The van der Waals surface area contributed by atoms with E-state index in [1.165, 1.54) is 23.5 Å². The van der Waals surface area contributed by atoms with Crippen molar-refractivity contribution in [3.8, 4) is 0 Å². The number of quaternary nitrogens is 2. The maximum atomic E-state index is 11.7. The van der Waals surface area contributed by atoms with E-state index in [2.05, 4.69) is 29.7 Å². The second-order valence-electron chi connectivity index (χ2n) is 10.2. The Morgan fingerprint density at radius 1 is 0.632 bits per heavy atom. The number of carbonyl (C=O) groups is 2. The van der Waals surface area contributed by atoms with Crippen LogP contribution in [0.5, 0.6) is 0 Å². The largest absolute Gasteiger partial charge is 0.345 e. The highest BCUT2D eigenvalue weighted by Crippen LogP contribution is 2.31. The van der Waals surface area contributed by atoms with E-state index < -0.39 is 0 Å². The predicted octanol–water partition coefficient (Wildman–Crippen LogP) is 2.63. The van der Waals surface area contributed by atoms with E-state index in [0.29, 0.717) is 33.1 Å². The molecular formula is C24H32Cl2N8O2S2+2. The number of aromatic nitrogens is 4. The number of anilines is 2. The Bertz CT molecular complexity index is 1110. The lowest BCUT2D eigenvalue weighted by Crippen LogP contribution is -2.73. The van der Waals surface area contributed by atoms with Crippen LogP contribution in [0.4, 0.5) is 11.6 Å². The summed E-state index contributed by atoms with van der Waals surface area (Å²) < 4.78 is 2.22. The van der Waals surface area contributed by atoms with Crippen LogP contribution in [0.3, 0.4) is 0 Å². The van der Waals surface area contributed by atoms with Crippen LogP contribution in [0, 0.1) is 0 Å². The van der Waals surface area contributed by atoms with Crippen LogP contribution in [0.1, 0.15) is 20.7 Å².